The molecule has 0 aliphatic heterocycles. The SMILES string of the molecule is O=C(NCCS(=O)(=O)Nc1ccccc1)c1cccc(-n2cccc2)c1. The molecule has 0 saturated carbocycles. The Morgan fingerprint density at radius 3 is 2.38 bits per heavy atom. The highest BCUT2D eigenvalue weighted by Crippen LogP contribution is 2.11. The Labute approximate surface area is 152 Å². The third kappa shape index (κ3) is 4.73. The zero-order chi connectivity index (χ0) is 18.4. The monoisotopic (exact) mass is 369 g/mol. The molecule has 0 saturated heterocycles. The number of para-hydroxylation sites is 1. The lowest BCUT2D eigenvalue weighted by Crippen LogP contribution is -2.31. The van der Waals surface area contributed by atoms with E-state index in [1.807, 2.05) is 35.2 Å². The highest BCUT2D eigenvalue weighted by atomic mass is 32.2. The predicted molar refractivity (Wildman–Crippen MR) is 102 cm³/mol. The Balaban J connectivity index is 1.56. The summed E-state index contributed by atoms with van der Waals surface area (Å²) in [5, 5.41) is 2.65. The number of sulfonamides is 1. The van der Waals surface area contributed by atoms with E-state index in [-0.39, 0.29) is 18.2 Å². The number of nitrogens with one attached hydrogen (secondary N) is 2. The largest absolute Gasteiger partial charge is 0.351 e. The molecule has 1 amide bonds. The number of rotatable bonds is 7. The van der Waals surface area contributed by atoms with E-state index >= 15 is 0 Å². The van der Waals surface area contributed by atoms with Gasteiger partial charge in [0.1, 0.15) is 0 Å². The lowest BCUT2D eigenvalue weighted by atomic mass is 10.2. The molecule has 0 aliphatic carbocycles. The summed E-state index contributed by atoms with van der Waals surface area (Å²) in [6.07, 6.45) is 3.78. The lowest BCUT2D eigenvalue weighted by molar-refractivity contribution is 0.0956. The molecule has 0 radical (unpaired) electrons. The van der Waals surface area contributed by atoms with Crippen LogP contribution in [0.5, 0.6) is 0 Å². The normalized spacial score (nSPS) is 11.1. The van der Waals surface area contributed by atoms with Crippen molar-refractivity contribution in [3.8, 4) is 5.69 Å². The van der Waals surface area contributed by atoms with Crippen molar-refractivity contribution in [1.82, 2.24) is 9.88 Å². The van der Waals surface area contributed by atoms with Gasteiger partial charge < -0.3 is 9.88 Å². The van der Waals surface area contributed by atoms with Crippen LogP contribution < -0.4 is 10.0 Å². The Morgan fingerprint density at radius 1 is 0.923 bits per heavy atom. The molecule has 26 heavy (non-hydrogen) atoms. The fraction of sp³-hybridized carbons (Fsp3) is 0.105. The number of carbonyl (C=O) groups excluding carboxylic acids is 1. The van der Waals surface area contributed by atoms with Gasteiger partial charge in [-0.1, -0.05) is 24.3 Å². The van der Waals surface area contributed by atoms with E-state index < -0.39 is 10.0 Å². The lowest BCUT2D eigenvalue weighted by Gasteiger charge is -2.10. The third-order valence-corrected chi connectivity index (χ3v) is 5.00. The molecule has 2 N–H and O–H groups in total. The fourth-order valence-corrected chi connectivity index (χ4v) is 3.42. The van der Waals surface area contributed by atoms with Gasteiger partial charge in [-0.05, 0) is 42.5 Å². The summed E-state index contributed by atoms with van der Waals surface area (Å²) in [4.78, 5) is 12.3. The first-order valence-electron chi connectivity index (χ1n) is 8.11. The molecular formula is C19H19N3O3S. The van der Waals surface area contributed by atoms with Gasteiger partial charge in [-0.15, -0.1) is 0 Å². The first kappa shape index (κ1) is 17.8. The van der Waals surface area contributed by atoms with Crippen LogP contribution in [0, 0.1) is 0 Å². The Kier molecular flexibility index (Phi) is 5.38. The summed E-state index contributed by atoms with van der Waals surface area (Å²) in [6.45, 7) is 0.0226. The third-order valence-electron chi connectivity index (χ3n) is 3.71. The second kappa shape index (κ2) is 7.88. The summed E-state index contributed by atoms with van der Waals surface area (Å²) in [6, 6.07) is 19.6. The van der Waals surface area contributed by atoms with Gasteiger partial charge in [0.15, 0.2) is 0 Å². The average molecular weight is 369 g/mol. The Hall–Kier alpha value is -3.06. The van der Waals surface area contributed by atoms with Gasteiger partial charge in [-0.2, -0.15) is 0 Å². The number of amides is 1. The predicted octanol–water partition coefficient (Wildman–Crippen LogP) is 2.65. The van der Waals surface area contributed by atoms with Gasteiger partial charge in [-0.3, -0.25) is 9.52 Å². The molecule has 0 bridgehead atoms. The van der Waals surface area contributed by atoms with E-state index in [2.05, 4.69) is 10.0 Å². The van der Waals surface area contributed by atoms with E-state index in [9.17, 15) is 13.2 Å². The van der Waals surface area contributed by atoms with Crippen LogP contribution in [-0.2, 0) is 10.0 Å². The van der Waals surface area contributed by atoms with Crippen molar-refractivity contribution in [2.24, 2.45) is 0 Å². The van der Waals surface area contributed by atoms with E-state index in [4.69, 9.17) is 0 Å². The topological polar surface area (TPSA) is 80.2 Å². The van der Waals surface area contributed by atoms with Crippen LogP contribution in [-0.4, -0.2) is 31.2 Å². The summed E-state index contributed by atoms with van der Waals surface area (Å²) in [5.74, 6) is -0.515. The van der Waals surface area contributed by atoms with E-state index in [0.29, 0.717) is 11.3 Å². The molecule has 0 fully saturated rings. The summed E-state index contributed by atoms with van der Waals surface area (Å²) in [5.41, 5.74) is 1.84. The highest BCUT2D eigenvalue weighted by Gasteiger charge is 2.12. The minimum absolute atomic E-state index is 0.0226. The number of anilines is 1. The van der Waals surface area contributed by atoms with Crippen molar-refractivity contribution in [2.45, 2.75) is 0 Å². The Morgan fingerprint density at radius 2 is 1.65 bits per heavy atom. The standard InChI is InChI=1S/C19H19N3O3S/c23-19(16-7-6-10-18(15-16)22-12-4-5-13-22)20-11-14-26(24,25)21-17-8-2-1-3-9-17/h1-10,12-13,15,21H,11,14H2,(H,20,23). The zero-order valence-corrected chi connectivity index (χ0v) is 14.8. The van der Waals surface area contributed by atoms with Crippen LogP contribution in [0.2, 0.25) is 0 Å². The van der Waals surface area contributed by atoms with Gasteiger partial charge in [0, 0.05) is 35.9 Å². The van der Waals surface area contributed by atoms with Crippen molar-refractivity contribution < 1.29 is 13.2 Å². The molecule has 0 unspecified atom stereocenters. The number of aromatic nitrogens is 1. The molecule has 2 aromatic carbocycles. The van der Waals surface area contributed by atoms with Gasteiger partial charge in [0.25, 0.3) is 5.91 Å². The zero-order valence-electron chi connectivity index (χ0n) is 14.0. The van der Waals surface area contributed by atoms with Crippen LogP contribution >= 0.6 is 0 Å². The average Bonchev–Trinajstić information content (AvgIpc) is 3.17. The highest BCUT2D eigenvalue weighted by molar-refractivity contribution is 7.92. The van der Waals surface area contributed by atoms with E-state index in [1.165, 1.54) is 0 Å². The molecule has 1 aromatic heterocycles. The number of benzene rings is 2. The molecule has 3 aromatic rings. The van der Waals surface area contributed by atoms with Crippen LogP contribution in [0.3, 0.4) is 0 Å². The molecule has 1 heterocycles. The summed E-state index contributed by atoms with van der Waals surface area (Å²) in [7, 11) is -3.52. The summed E-state index contributed by atoms with van der Waals surface area (Å²) < 4.78 is 28.5. The molecule has 0 atom stereocenters. The van der Waals surface area contributed by atoms with Crippen LogP contribution in [0.15, 0.2) is 79.1 Å². The Bertz CT molecular complexity index is 968. The van der Waals surface area contributed by atoms with Gasteiger partial charge in [0.05, 0.1) is 5.75 Å². The van der Waals surface area contributed by atoms with Crippen molar-refractivity contribution >= 4 is 21.6 Å². The number of nitrogens with zero attached hydrogens (tertiary/aromatic N) is 1. The van der Waals surface area contributed by atoms with Crippen molar-refractivity contribution in [3.63, 3.8) is 0 Å². The first-order valence-corrected chi connectivity index (χ1v) is 9.76. The minimum atomic E-state index is -3.52. The van der Waals surface area contributed by atoms with Crippen molar-refractivity contribution in [1.29, 1.82) is 0 Å². The smallest absolute Gasteiger partial charge is 0.251 e. The van der Waals surface area contributed by atoms with Crippen LogP contribution in [0.25, 0.3) is 5.69 Å². The molecule has 6 nitrogen and oxygen atoms in total. The number of carbonyl (C=O) groups is 1. The molecular weight excluding hydrogens is 350 g/mol. The van der Waals surface area contributed by atoms with E-state index in [0.717, 1.165) is 5.69 Å². The summed E-state index contributed by atoms with van der Waals surface area (Å²) >= 11 is 0. The van der Waals surface area contributed by atoms with E-state index in [1.54, 1.807) is 48.5 Å². The van der Waals surface area contributed by atoms with Crippen LogP contribution in [0.4, 0.5) is 5.69 Å². The molecule has 0 spiro atoms. The number of hydrogen-bond donors (Lipinski definition) is 2. The van der Waals surface area contributed by atoms with Crippen molar-refractivity contribution in [2.75, 3.05) is 17.0 Å². The molecule has 3 rings (SSSR count). The van der Waals surface area contributed by atoms with Gasteiger partial charge >= 0.3 is 0 Å². The maximum atomic E-state index is 12.3. The maximum absolute atomic E-state index is 12.3. The maximum Gasteiger partial charge on any atom is 0.251 e. The molecule has 134 valence electrons. The van der Waals surface area contributed by atoms with Gasteiger partial charge in [0.2, 0.25) is 10.0 Å². The van der Waals surface area contributed by atoms with Gasteiger partial charge in [-0.25, -0.2) is 8.42 Å². The molecule has 7 heteroatoms. The van der Waals surface area contributed by atoms with Crippen molar-refractivity contribution in [3.05, 3.63) is 84.7 Å². The minimum Gasteiger partial charge on any atom is -0.351 e. The second-order valence-corrected chi connectivity index (χ2v) is 7.53. The number of hydrogen-bond acceptors (Lipinski definition) is 3. The first-order chi connectivity index (χ1) is 12.5. The van der Waals surface area contributed by atoms with Crippen LogP contribution in [0.1, 0.15) is 10.4 Å². The molecule has 0 aliphatic rings. The quantitative estimate of drug-likeness (QED) is 0.672. The second-order valence-electron chi connectivity index (χ2n) is 5.68. The fourth-order valence-electron chi connectivity index (χ4n) is 2.45.